The van der Waals surface area contributed by atoms with Crippen molar-refractivity contribution in [3.05, 3.63) is 40.2 Å². The zero-order valence-corrected chi connectivity index (χ0v) is 16.2. The van der Waals surface area contributed by atoms with E-state index >= 15 is 0 Å². The number of Topliss-reactive ketones (excluding diaryl/α,β-unsaturated/α-hetero) is 1. The first-order valence-electron chi connectivity index (χ1n) is 8.69. The zero-order chi connectivity index (χ0) is 19.6. The van der Waals surface area contributed by atoms with Crippen LogP contribution in [0.5, 0.6) is 11.5 Å². The number of hydrogen-bond acceptors (Lipinski definition) is 6. The highest BCUT2D eigenvalue weighted by Gasteiger charge is 2.23. The maximum absolute atomic E-state index is 12.4. The fourth-order valence-electron chi connectivity index (χ4n) is 2.76. The molecule has 0 radical (unpaired) electrons. The second-order valence-electron chi connectivity index (χ2n) is 6.68. The number of esters is 1. The predicted octanol–water partition coefficient (Wildman–Crippen LogP) is 3.31. The van der Waals surface area contributed by atoms with Crippen molar-refractivity contribution in [2.75, 3.05) is 19.8 Å². The fourth-order valence-corrected chi connectivity index (χ4v) is 3.08. The van der Waals surface area contributed by atoms with Gasteiger partial charge in [-0.25, -0.2) is 4.79 Å². The lowest BCUT2D eigenvalue weighted by molar-refractivity contribution is 0.0474. The number of ether oxygens (including phenoxy) is 3. The maximum atomic E-state index is 12.4. The molecule has 0 bridgehead atoms. The number of benzene rings is 1. The van der Waals surface area contributed by atoms with Gasteiger partial charge < -0.3 is 14.2 Å². The molecule has 8 heteroatoms. The molecule has 0 spiro atoms. The minimum Gasteiger partial charge on any atom is -0.486 e. The Kier molecular flexibility index (Phi) is 5.70. The smallest absolute Gasteiger partial charge is 0.343 e. The van der Waals surface area contributed by atoms with Gasteiger partial charge in [0.15, 0.2) is 23.9 Å². The third kappa shape index (κ3) is 4.24. The number of carbonyl (C=O) groups excluding carboxylic acids is 2. The lowest BCUT2D eigenvalue weighted by atomic mass is 10.1. The summed E-state index contributed by atoms with van der Waals surface area (Å²) in [7, 11) is 0. The normalized spacial score (nSPS) is 12.9. The molecule has 144 valence electrons. The lowest BCUT2D eigenvalue weighted by Crippen LogP contribution is -2.17. The van der Waals surface area contributed by atoms with Crippen LogP contribution in [-0.4, -0.2) is 41.4 Å². The van der Waals surface area contributed by atoms with E-state index in [0.717, 1.165) is 0 Å². The third-order valence-electron chi connectivity index (χ3n) is 4.01. The molecule has 1 aromatic heterocycles. The molecule has 27 heavy (non-hydrogen) atoms. The van der Waals surface area contributed by atoms with Crippen LogP contribution in [0, 0.1) is 12.8 Å². The van der Waals surface area contributed by atoms with Gasteiger partial charge in [0.2, 0.25) is 0 Å². The van der Waals surface area contributed by atoms with Gasteiger partial charge in [-0.05, 0) is 31.0 Å². The average Bonchev–Trinajstić information content (AvgIpc) is 2.91. The number of aryl methyl sites for hydroxylation is 1. The van der Waals surface area contributed by atoms with E-state index in [4.69, 9.17) is 25.8 Å². The summed E-state index contributed by atoms with van der Waals surface area (Å²) in [5, 5.41) is 4.49. The van der Waals surface area contributed by atoms with E-state index in [1.807, 2.05) is 13.8 Å². The zero-order valence-electron chi connectivity index (χ0n) is 15.5. The molecule has 3 rings (SSSR count). The average molecular weight is 393 g/mol. The molecule has 0 amide bonds. The number of hydrogen-bond donors (Lipinski definition) is 0. The summed E-state index contributed by atoms with van der Waals surface area (Å²) >= 11 is 6.26. The van der Waals surface area contributed by atoms with Gasteiger partial charge in [-0.15, -0.1) is 0 Å². The van der Waals surface area contributed by atoms with E-state index in [1.165, 1.54) is 0 Å². The molecule has 0 aliphatic carbocycles. The Balaban J connectivity index is 1.67. The topological polar surface area (TPSA) is 79.7 Å². The number of rotatable bonds is 6. The van der Waals surface area contributed by atoms with E-state index in [1.54, 1.807) is 29.8 Å². The van der Waals surface area contributed by atoms with Crippen LogP contribution < -0.4 is 9.47 Å². The van der Waals surface area contributed by atoms with Gasteiger partial charge in [0.25, 0.3) is 0 Å². The minimum atomic E-state index is -0.668. The minimum absolute atomic E-state index is 0.187. The number of aromatic nitrogens is 2. The summed E-state index contributed by atoms with van der Waals surface area (Å²) in [6.45, 7) is 6.82. The molecule has 7 nitrogen and oxygen atoms in total. The van der Waals surface area contributed by atoms with E-state index < -0.39 is 12.6 Å². The maximum Gasteiger partial charge on any atom is 0.343 e. The molecule has 1 aliphatic rings. The first-order chi connectivity index (χ1) is 12.9. The predicted molar refractivity (Wildman–Crippen MR) is 98.9 cm³/mol. The Morgan fingerprint density at radius 3 is 2.67 bits per heavy atom. The van der Waals surface area contributed by atoms with Crippen LogP contribution in [0.3, 0.4) is 0 Å². The fraction of sp³-hybridized carbons (Fsp3) is 0.421. The van der Waals surface area contributed by atoms with Crippen LogP contribution >= 0.6 is 11.6 Å². The van der Waals surface area contributed by atoms with Crippen LogP contribution in [0.25, 0.3) is 0 Å². The molecular weight excluding hydrogens is 372 g/mol. The van der Waals surface area contributed by atoms with Crippen molar-refractivity contribution in [3.63, 3.8) is 0 Å². The van der Waals surface area contributed by atoms with E-state index in [0.29, 0.717) is 48.4 Å². The van der Waals surface area contributed by atoms with Crippen LogP contribution in [0.2, 0.25) is 5.15 Å². The SMILES string of the molecule is Cc1nn(CC(C)C)c(Cl)c1C(=O)OCC(=O)c1ccc2c(c1)OCCO2. The molecule has 1 aromatic carbocycles. The number of fused-ring (bicyclic) bond motifs is 1. The van der Waals surface area contributed by atoms with Gasteiger partial charge in [0, 0.05) is 12.1 Å². The highest BCUT2D eigenvalue weighted by molar-refractivity contribution is 6.32. The Morgan fingerprint density at radius 1 is 1.26 bits per heavy atom. The highest BCUT2D eigenvalue weighted by atomic mass is 35.5. The molecular formula is C19H21ClN2O5. The highest BCUT2D eigenvalue weighted by Crippen LogP contribution is 2.31. The van der Waals surface area contributed by atoms with Crippen molar-refractivity contribution in [1.82, 2.24) is 9.78 Å². The van der Waals surface area contributed by atoms with Gasteiger partial charge in [0.05, 0.1) is 5.69 Å². The first kappa shape index (κ1) is 19.2. The van der Waals surface area contributed by atoms with Crippen molar-refractivity contribution in [2.45, 2.75) is 27.3 Å². The lowest BCUT2D eigenvalue weighted by Gasteiger charge is -2.18. The van der Waals surface area contributed by atoms with Crippen molar-refractivity contribution in [1.29, 1.82) is 0 Å². The van der Waals surface area contributed by atoms with Gasteiger partial charge in [-0.1, -0.05) is 25.4 Å². The number of carbonyl (C=O) groups is 2. The summed E-state index contributed by atoms with van der Waals surface area (Å²) in [5.41, 5.74) is 1.04. The molecule has 0 atom stereocenters. The van der Waals surface area contributed by atoms with Crippen LogP contribution in [-0.2, 0) is 11.3 Å². The van der Waals surface area contributed by atoms with E-state index in [2.05, 4.69) is 5.10 Å². The Hall–Kier alpha value is -2.54. The Labute approximate surface area is 162 Å². The standard InChI is InChI=1S/C19H21ClN2O5/c1-11(2)9-22-18(20)17(12(3)21-22)19(24)27-10-14(23)13-4-5-15-16(8-13)26-7-6-25-15/h4-5,8,11H,6-7,9-10H2,1-3H3. The van der Waals surface area contributed by atoms with Crippen molar-refractivity contribution < 1.29 is 23.8 Å². The van der Waals surface area contributed by atoms with E-state index in [9.17, 15) is 9.59 Å². The second-order valence-corrected chi connectivity index (χ2v) is 7.04. The molecule has 0 unspecified atom stereocenters. The summed E-state index contributed by atoms with van der Waals surface area (Å²) in [4.78, 5) is 24.8. The summed E-state index contributed by atoms with van der Waals surface area (Å²) in [6.07, 6.45) is 0. The molecule has 2 heterocycles. The van der Waals surface area contributed by atoms with Crippen molar-refractivity contribution in [3.8, 4) is 11.5 Å². The van der Waals surface area contributed by atoms with Gasteiger partial charge >= 0.3 is 5.97 Å². The van der Waals surface area contributed by atoms with Crippen LogP contribution in [0.4, 0.5) is 0 Å². The van der Waals surface area contributed by atoms with Gasteiger partial charge in [0.1, 0.15) is 23.9 Å². The number of nitrogens with zero attached hydrogens (tertiary/aromatic N) is 2. The molecule has 1 aliphatic heterocycles. The van der Waals surface area contributed by atoms with Crippen molar-refractivity contribution >= 4 is 23.4 Å². The van der Waals surface area contributed by atoms with E-state index in [-0.39, 0.29) is 16.5 Å². The van der Waals surface area contributed by atoms with Gasteiger partial charge in [-0.3, -0.25) is 9.48 Å². The quantitative estimate of drug-likeness (QED) is 0.554. The number of ketones is 1. The number of halogens is 1. The molecule has 0 saturated carbocycles. The molecule has 0 fully saturated rings. The molecule has 2 aromatic rings. The third-order valence-corrected chi connectivity index (χ3v) is 4.39. The molecule has 0 saturated heterocycles. The summed E-state index contributed by atoms with van der Waals surface area (Å²) in [5.74, 6) is 0.409. The molecule has 0 N–H and O–H groups in total. The Bertz CT molecular complexity index is 875. The summed E-state index contributed by atoms with van der Waals surface area (Å²) in [6, 6.07) is 4.87. The van der Waals surface area contributed by atoms with Gasteiger partial charge in [-0.2, -0.15) is 5.10 Å². The van der Waals surface area contributed by atoms with Crippen LogP contribution in [0.15, 0.2) is 18.2 Å². The largest absolute Gasteiger partial charge is 0.486 e. The van der Waals surface area contributed by atoms with Crippen LogP contribution in [0.1, 0.15) is 40.3 Å². The summed E-state index contributed by atoms with van der Waals surface area (Å²) < 4.78 is 17.6. The monoisotopic (exact) mass is 392 g/mol. The second kappa shape index (κ2) is 8.00. The first-order valence-corrected chi connectivity index (χ1v) is 9.07. The Morgan fingerprint density at radius 2 is 1.96 bits per heavy atom. The van der Waals surface area contributed by atoms with Crippen molar-refractivity contribution in [2.24, 2.45) is 5.92 Å².